The summed E-state index contributed by atoms with van der Waals surface area (Å²) in [5.41, 5.74) is 1.57. The second kappa shape index (κ2) is 2.64. The first-order chi connectivity index (χ1) is 5.83. The normalized spacial score (nSPS) is 10.4. The Balaban J connectivity index is 2.87. The summed E-state index contributed by atoms with van der Waals surface area (Å²) in [6.45, 7) is 3.63. The maximum Gasteiger partial charge on any atom is 0.140 e. The van der Waals surface area contributed by atoms with Gasteiger partial charge in [-0.15, -0.1) is 0 Å². The van der Waals surface area contributed by atoms with Crippen LogP contribution in [0.25, 0.3) is 11.7 Å². The molecule has 0 aliphatic heterocycles. The van der Waals surface area contributed by atoms with Gasteiger partial charge in [0.05, 0.1) is 0 Å². The van der Waals surface area contributed by atoms with Gasteiger partial charge >= 0.3 is 0 Å². The van der Waals surface area contributed by atoms with Crippen LogP contribution in [0.2, 0.25) is 5.15 Å². The van der Waals surface area contributed by atoms with Crippen molar-refractivity contribution in [1.82, 2.24) is 9.38 Å². The molecule has 0 bridgehead atoms. The largest absolute Gasteiger partial charge is 0.290 e. The Kier molecular flexibility index (Phi) is 1.62. The highest BCUT2D eigenvalue weighted by Crippen LogP contribution is 2.18. The van der Waals surface area contributed by atoms with Gasteiger partial charge in [0, 0.05) is 6.20 Å². The van der Waals surface area contributed by atoms with Crippen LogP contribution in [0.1, 0.15) is 5.69 Å². The Morgan fingerprint density at radius 2 is 2.33 bits per heavy atom. The molecule has 0 unspecified atom stereocenters. The lowest BCUT2D eigenvalue weighted by atomic mass is 10.5. The molecule has 0 aliphatic carbocycles. The fourth-order valence-corrected chi connectivity index (χ4v) is 1.38. The van der Waals surface area contributed by atoms with Crippen LogP contribution < -0.4 is 0 Å². The first-order valence-electron chi connectivity index (χ1n) is 3.58. The summed E-state index contributed by atoms with van der Waals surface area (Å²) in [5.74, 6) is 0. The first-order valence-corrected chi connectivity index (χ1v) is 3.96. The number of hydrogen-bond donors (Lipinski definition) is 0. The second-order valence-electron chi connectivity index (χ2n) is 2.42. The highest BCUT2D eigenvalue weighted by atomic mass is 35.5. The molecular weight excluding hydrogens is 172 g/mol. The molecule has 2 rings (SSSR count). The van der Waals surface area contributed by atoms with Crippen LogP contribution in [-0.2, 0) is 0 Å². The van der Waals surface area contributed by atoms with Crippen molar-refractivity contribution in [2.24, 2.45) is 0 Å². The lowest BCUT2D eigenvalue weighted by Crippen LogP contribution is -1.80. The van der Waals surface area contributed by atoms with E-state index < -0.39 is 0 Å². The van der Waals surface area contributed by atoms with E-state index >= 15 is 0 Å². The van der Waals surface area contributed by atoms with Crippen LogP contribution in [0.3, 0.4) is 0 Å². The Morgan fingerprint density at radius 3 is 3.00 bits per heavy atom. The van der Waals surface area contributed by atoms with Crippen LogP contribution >= 0.6 is 11.6 Å². The summed E-state index contributed by atoms with van der Waals surface area (Å²) < 4.78 is 1.82. The number of fused-ring (bicyclic) bond motifs is 1. The minimum atomic E-state index is 0.612. The van der Waals surface area contributed by atoms with Crippen LogP contribution in [0.5, 0.6) is 0 Å². The monoisotopic (exact) mass is 178 g/mol. The van der Waals surface area contributed by atoms with Crippen molar-refractivity contribution in [2.75, 3.05) is 0 Å². The number of rotatable bonds is 1. The molecular formula is C9H7ClN2. The lowest BCUT2D eigenvalue weighted by Gasteiger charge is -1.90. The van der Waals surface area contributed by atoms with Gasteiger partial charge in [-0.2, -0.15) is 0 Å². The minimum Gasteiger partial charge on any atom is -0.290 e. The molecule has 0 fully saturated rings. The smallest absolute Gasteiger partial charge is 0.140 e. The molecule has 0 saturated heterocycles. The van der Waals surface area contributed by atoms with E-state index in [1.807, 2.05) is 28.8 Å². The van der Waals surface area contributed by atoms with E-state index in [1.165, 1.54) is 0 Å². The van der Waals surface area contributed by atoms with Crippen molar-refractivity contribution in [3.63, 3.8) is 0 Å². The topological polar surface area (TPSA) is 17.3 Å². The fraction of sp³-hybridized carbons (Fsp3) is 0. The summed E-state index contributed by atoms with van der Waals surface area (Å²) in [4.78, 5) is 4.24. The molecule has 2 nitrogen and oxygen atoms in total. The molecule has 60 valence electrons. The molecule has 0 amide bonds. The zero-order valence-corrected chi connectivity index (χ0v) is 7.12. The van der Waals surface area contributed by atoms with Gasteiger partial charge in [-0.1, -0.05) is 24.2 Å². The Labute approximate surface area is 75.1 Å². The average molecular weight is 179 g/mol. The molecule has 2 aromatic rings. The van der Waals surface area contributed by atoms with Crippen molar-refractivity contribution in [3.8, 4) is 0 Å². The highest BCUT2D eigenvalue weighted by Gasteiger charge is 2.04. The van der Waals surface area contributed by atoms with E-state index in [1.54, 1.807) is 6.08 Å². The van der Waals surface area contributed by atoms with Crippen molar-refractivity contribution in [2.45, 2.75) is 0 Å². The van der Waals surface area contributed by atoms with Gasteiger partial charge in [0.15, 0.2) is 0 Å². The molecule has 0 radical (unpaired) electrons. The van der Waals surface area contributed by atoms with Crippen molar-refractivity contribution < 1.29 is 0 Å². The molecule has 3 heteroatoms. The van der Waals surface area contributed by atoms with Gasteiger partial charge in [0.2, 0.25) is 0 Å². The van der Waals surface area contributed by atoms with Gasteiger partial charge in [-0.3, -0.25) is 4.40 Å². The highest BCUT2D eigenvalue weighted by molar-refractivity contribution is 6.31. The molecule has 0 spiro atoms. The third kappa shape index (κ3) is 0.924. The Hall–Kier alpha value is -1.28. The van der Waals surface area contributed by atoms with Gasteiger partial charge in [0.25, 0.3) is 0 Å². The molecule has 0 atom stereocenters. The standard InChI is InChI=1S/C9H7ClN2/c1-2-7-9(10)12-6-4-3-5-8(12)11-7/h2-6H,1H2. The quantitative estimate of drug-likeness (QED) is 0.656. The van der Waals surface area contributed by atoms with Crippen LogP contribution in [0.4, 0.5) is 0 Å². The molecule has 0 saturated carbocycles. The van der Waals surface area contributed by atoms with Gasteiger partial charge in [0.1, 0.15) is 16.5 Å². The third-order valence-corrected chi connectivity index (χ3v) is 2.07. The van der Waals surface area contributed by atoms with Gasteiger partial charge in [-0.05, 0) is 18.2 Å². The second-order valence-corrected chi connectivity index (χ2v) is 2.78. The summed E-state index contributed by atoms with van der Waals surface area (Å²) >= 11 is 5.99. The summed E-state index contributed by atoms with van der Waals surface area (Å²) in [6.07, 6.45) is 3.52. The number of halogens is 1. The molecule has 2 aromatic heterocycles. The third-order valence-electron chi connectivity index (χ3n) is 1.69. The maximum atomic E-state index is 5.99. The number of hydrogen-bond acceptors (Lipinski definition) is 1. The van der Waals surface area contributed by atoms with E-state index in [0.29, 0.717) is 5.15 Å². The maximum absolute atomic E-state index is 5.99. The Morgan fingerprint density at radius 1 is 1.50 bits per heavy atom. The number of pyridine rings is 1. The van der Waals surface area contributed by atoms with E-state index in [9.17, 15) is 0 Å². The van der Waals surface area contributed by atoms with Crippen molar-refractivity contribution in [3.05, 3.63) is 41.8 Å². The Bertz CT molecular complexity index is 431. The van der Waals surface area contributed by atoms with Gasteiger partial charge in [-0.25, -0.2) is 4.98 Å². The van der Waals surface area contributed by atoms with Crippen LogP contribution in [-0.4, -0.2) is 9.38 Å². The SMILES string of the molecule is C=Cc1nc2ccccn2c1Cl. The van der Waals surface area contributed by atoms with Crippen molar-refractivity contribution in [1.29, 1.82) is 0 Å². The summed E-state index contributed by atoms with van der Waals surface area (Å²) in [5, 5.41) is 0.612. The molecule has 0 aromatic carbocycles. The zero-order valence-electron chi connectivity index (χ0n) is 6.37. The molecule has 12 heavy (non-hydrogen) atoms. The van der Waals surface area contributed by atoms with Crippen LogP contribution in [0.15, 0.2) is 31.0 Å². The summed E-state index contributed by atoms with van der Waals surface area (Å²) in [7, 11) is 0. The number of imidazole rings is 1. The zero-order chi connectivity index (χ0) is 8.55. The summed E-state index contributed by atoms with van der Waals surface area (Å²) in [6, 6.07) is 5.73. The number of aromatic nitrogens is 2. The minimum absolute atomic E-state index is 0.612. The van der Waals surface area contributed by atoms with E-state index in [-0.39, 0.29) is 0 Å². The van der Waals surface area contributed by atoms with Crippen LogP contribution in [0, 0.1) is 0 Å². The van der Waals surface area contributed by atoms with E-state index in [0.717, 1.165) is 11.3 Å². The predicted molar refractivity (Wildman–Crippen MR) is 50.3 cm³/mol. The van der Waals surface area contributed by atoms with E-state index in [4.69, 9.17) is 11.6 Å². The molecule has 2 heterocycles. The fourth-order valence-electron chi connectivity index (χ4n) is 1.11. The molecule has 0 N–H and O–H groups in total. The van der Waals surface area contributed by atoms with Crippen molar-refractivity contribution >= 4 is 23.3 Å². The van der Waals surface area contributed by atoms with E-state index in [2.05, 4.69) is 11.6 Å². The lowest BCUT2D eigenvalue weighted by molar-refractivity contribution is 1.19. The average Bonchev–Trinajstić information content (AvgIpc) is 2.44. The first kappa shape index (κ1) is 7.37. The predicted octanol–water partition coefficient (Wildman–Crippen LogP) is 2.63. The van der Waals surface area contributed by atoms with Gasteiger partial charge < -0.3 is 0 Å². The number of nitrogens with zero attached hydrogens (tertiary/aromatic N) is 2. The molecule has 0 aliphatic rings.